The van der Waals surface area contributed by atoms with Gasteiger partial charge < -0.3 is 9.32 Å². The summed E-state index contributed by atoms with van der Waals surface area (Å²) in [6, 6.07) is 7.40. The van der Waals surface area contributed by atoms with E-state index in [0.29, 0.717) is 5.56 Å². The van der Waals surface area contributed by atoms with Crippen molar-refractivity contribution >= 4 is 17.2 Å². The Hall–Kier alpha value is -2.51. The highest BCUT2D eigenvalue weighted by molar-refractivity contribution is 7.13. The Kier molecular flexibility index (Phi) is 4.58. The molecule has 25 heavy (non-hydrogen) atoms. The fourth-order valence-corrected chi connectivity index (χ4v) is 3.68. The van der Waals surface area contributed by atoms with Gasteiger partial charge in [-0.2, -0.15) is 0 Å². The molecule has 0 atom stereocenters. The minimum Gasteiger partial charge on any atom is -0.462 e. The van der Waals surface area contributed by atoms with Crippen LogP contribution >= 0.6 is 11.3 Å². The van der Waals surface area contributed by atoms with Gasteiger partial charge >= 0.3 is 0 Å². The number of carbonyl (C=O) groups excluding carboxylic acids is 1. The molecule has 0 spiro atoms. The maximum atomic E-state index is 12.4. The highest BCUT2D eigenvalue weighted by Crippen LogP contribution is 2.24. The molecule has 6 nitrogen and oxygen atoms in total. The van der Waals surface area contributed by atoms with E-state index < -0.39 is 0 Å². The topological polar surface area (TPSA) is 62.5 Å². The molecule has 0 saturated carbocycles. The van der Waals surface area contributed by atoms with Gasteiger partial charge in [-0.25, -0.2) is 4.98 Å². The Balaban J connectivity index is 1.33. The number of piperazine rings is 1. The number of nitrogens with zero attached hydrogens (tertiary/aromatic N) is 4. The molecule has 1 aliphatic heterocycles. The van der Waals surface area contributed by atoms with Gasteiger partial charge in [0.2, 0.25) is 0 Å². The molecule has 0 radical (unpaired) electrons. The molecule has 1 fully saturated rings. The molecule has 1 saturated heterocycles. The fraction of sp³-hybridized carbons (Fsp3) is 0.278. The molecule has 0 unspecified atom stereocenters. The minimum absolute atomic E-state index is 0.0570. The van der Waals surface area contributed by atoms with Gasteiger partial charge in [0.1, 0.15) is 0 Å². The van der Waals surface area contributed by atoms with Crippen LogP contribution in [0.1, 0.15) is 16.1 Å². The summed E-state index contributed by atoms with van der Waals surface area (Å²) < 4.78 is 5.39. The van der Waals surface area contributed by atoms with Crippen molar-refractivity contribution in [1.82, 2.24) is 19.8 Å². The lowest BCUT2D eigenvalue weighted by Crippen LogP contribution is -2.48. The Morgan fingerprint density at radius 2 is 2.08 bits per heavy atom. The molecule has 0 aromatic carbocycles. The fourth-order valence-electron chi connectivity index (χ4n) is 2.90. The van der Waals surface area contributed by atoms with Crippen LogP contribution in [0.25, 0.3) is 10.8 Å². The van der Waals surface area contributed by atoms with E-state index in [4.69, 9.17) is 4.42 Å². The number of aromatic nitrogens is 2. The highest BCUT2D eigenvalue weighted by Gasteiger charge is 2.22. The summed E-state index contributed by atoms with van der Waals surface area (Å²) in [5.41, 5.74) is 1.70. The van der Waals surface area contributed by atoms with Crippen molar-refractivity contribution < 1.29 is 9.21 Å². The molecule has 3 aromatic rings. The van der Waals surface area contributed by atoms with E-state index in [-0.39, 0.29) is 5.91 Å². The van der Waals surface area contributed by atoms with E-state index in [2.05, 4.69) is 20.2 Å². The van der Waals surface area contributed by atoms with Crippen LogP contribution in [-0.2, 0) is 6.54 Å². The van der Waals surface area contributed by atoms with Crippen LogP contribution in [0.5, 0.6) is 0 Å². The Morgan fingerprint density at radius 3 is 2.80 bits per heavy atom. The second-order valence-electron chi connectivity index (χ2n) is 5.93. The summed E-state index contributed by atoms with van der Waals surface area (Å²) in [5, 5.41) is 2.98. The van der Waals surface area contributed by atoms with Crippen LogP contribution in [0.3, 0.4) is 0 Å². The van der Waals surface area contributed by atoms with Crippen LogP contribution in [0, 0.1) is 0 Å². The highest BCUT2D eigenvalue weighted by atomic mass is 32.1. The third-order valence-corrected chi connectivity index (χ3v) is 5.14. The maximum absolute atomic E-state index is 12.4. The van der Waals surface area contributed by atoms with Crippen molar-refractivity contribution in [3.8, 4) is 10.8 Å². The monoisotopic (exact) mass is 354 g/mol. The average molecular weight is 354 g/mol. The largest absolute Gasteiger partial charge is 0.462 e. The van der Waals surface area contributed by atoms with Crippen LogP contribution in [0.2, 0.25) is 0 Å². The van der Waals surface area contributed by atoms with Crippen LogP contribution in [0.4, 0.5) is 0 Å². The molecule has 1 amide bonds. The van der Waals surface area contributed by atoms with Gasteiger partial charge in [-0.15, -0.1) is 11.3 Å². The first-order chi connectivity index (χ1) is 12.3. The second kappa shape index (κ2) is 7.16. The number of rotatable bonds is 4. The van der Waals surface area contributed by atoms with Gasteiger partial charge in [0, 0.05) is 50.5 Å². The summed E-state index contributed by atoms with van der Waals surface area (Å²) >= 11 is 1.60. The maximum Gasteiger partial charge on any atom is 0.255 e. The number of pyridine rings is 1. The van der Waals surface area contributed by atoms with Crippen LogP contribution in [-0.4, -0.2) is 51.9 Å². The van der Waals surface area contributed by atoms with Crippen molar-refractivity contribution in [2.24, 2.45) is 0 Å². The lowest BCUT2D eigenvalue weighted by molar-refractivity contribution is 0.0627. The predicted molar refractivity (Wildman–Crippen MR) is 95.2 cm³/mol. The molecular weight excluding hydrogens is 336 g/mol. The summed E-state index contributed by atoms with van der Waals surface area (Å²) in [7, 11) is 0. The predicted octanol–water partition coefficient (Wildman–Crippen LogP) is 2.76. The van der Waals surface area contributed by atoms with Gasteiger partial charge in [0.15, 0.2) is 10.8 Å². The summed E-state index contributed by atoms with van der Waals surface area (Å²) in [6.07, 6.45) is 4.97. The summed E-state index contributed by atoms with van der Waals surface area (Å²) in [4.78, 5) is 25.3. The van der Waals surface area contributed by atoms with Crippen LogP contribution < -0.4 is 0 Å². The SMILES string of the molecule is O=C(c1cccnc1)N1CCN(Cc2csc(-c3ccco3)n2)CC1. The molecule has 1 aliphatic rings. The lowest BCUT2D eigenvalue weighted by atomic mass is 10.2. The number of carbonyl (C=O) groups is 1. The first-order valence-corrected chi connectivity index (χ1v) is 9.07. The van der Waals surface area contributed by atoms with Crippen molar-refractivity contribution in [2.75, 3.05) is 26.2 Å². The first-order valence-electron chi connectivity index (χ1n) is 8.19. The Labute approximate surface area is 149 Å². The third kappa shape index (κ3) is 3.62. The molecule has 0 bridgehead atoms. The Bertz CT molecular complexity index is 824. The van der Waals surface area contributed by atoms with E-state index in [9.17, 15) is 4.79 Å². The van der Waals surface area contributed by atoms with Crippen molar-refractivity contribution in [1.29, 1.82) is 0 Å². The zero-order valence-electron chi connectivity index (χ0n) is 13.7. The third-order valence-electron chi connectivity index (χ3n) is 4.24. The second-order valence-corrected chi connectivity index (χ2v) is 6.79. The Morgan fingerprint density at radius 1 is 1.20 bits per heavy atom. The van der Waals surface area contributed by atoms with E-state index in [1.165, 1.54) is 0 Å². The number of furan rings is 1. The first kappa shape index (κ1) is 16.0. The van der Waals surface area contributed by atoms with E-state index in [0.717, 1.165) is 49.2 Å². The molecule has 4 heterocycles. The van der Waals surface area contributed by atoms with E-state index in [1.54, 1.807) is 36.1 Å². The number of hydrogen-bond acceptors (Lipinski definition) is 6. The van der Waals surface area contributed by atoms with Crippen molar-refractivity contribution in [3.63, 3.8) is 0 Å². The zero-order valence-corrected chi connectivity index (χ0v) is 14.5. The van der Waals surface area contributed by atoms with Gasteiger partial charge in [0.25, 0.3) is 5.91 Å². The smallest absolute Gasteiger partial charge is 0.255 e. The van der Waals surface area contributed by atoms with Gasteiger partial charge in [-0.05, 0) is 24.3 Å². The quantitative estimate of drug-likeness (QED) is 0.721. The minimum atomic E-state index is 0.0570. The standard InChI is InChI=1S/C18H18N4O2S/c23-18(14-3-1-5-19-11-14)22-8-6-21(7-9-22)12-15-13-25-17(20-15)16-4-2-10-24-16/h1-5,10-11,13H,6-9,12H2. The molecule has 0 N–H and O–H groups in total. The van der Waals surface area contributed by atoms with E-state index in [1.807, 2.05) is 23.1 Å². The molecule has 7 heteroatoms. The van der Waals surface area contributed by atoms with Crippen LogP contribution in [0.15, 0.2) is 52.7 Å². The van der Waals surface area contributed by atoms with Gasteiger partial charge in [0.05, 0.1) is 17.5 Å². The summed E-state index contributed by atoms with van der Waals surface area (Å²) in [5.74, 6) is 0.865. The lowest BCUT2D eigenvalue weighted by Gasteiger charge is -2.34. The number of thiazole rings is 1. The van der Waals surface area contributed by atoms with E-state index >= 15 is 0 Å². The molecule has 3 aromatic heterocycles. The van der Waals surface area contributed by atoms with Gasteiger partial charge in [-0.1, -0.05) is 0 Å². The van der Waals surface area contributed by atoms with Crippen molar-refractivity contribution in [2.45, 2.75) is 6.54 Å². The molecule has 4 rings (SSSR count). The molecular formula is C18H18N4O2S. The average Bonchev–Trinajstić information content (AvgIpc) is 3.34. The number of hydrogen-bond donors (Lipinski definition) is 0. The van der Waals surface area contributed by atoms with Crippen molar-refractivity contribution in [3.05, 3.63) is 59.6 Å². The van der Waals surface area contributed by atoms with Gasteiger partial charge in [-0.3, -0.25) is 14.7 Å². The molecule has 0 aliphatic carbocycles. The normalized spacial score (nSPS) is 15.4. The summed E-state index contributed by atoms with van der Waals surface area (Å²) in [6.45, 7) is 3.94. The molecule has 128 valence electrons. The number of amides is 1. The zero-order chi connectivity index (χ0) is 17.1.